The quantitative estimate of drug-likeness (QED) is 0.600. The van der Waals surface area contributed by atoms with Crippen molar-refractivity contribution in [2.45, 2.75) is 12.8 Å². The smallest absolute Gasteiger partial charge is 0.272 e. The molecule has 0 saturated heterocycles. The monoisotopic (exact) mass is 210 g/mol. The molecule has 0 rings (SSSR count). The van der Waals surface area contributed by atoms with Gasteiger partial charge in [0.15, 0.2) is 0 Å². The van der Waals surface area contributed by atoms with Gasteiger partial charge in [0.2, 0.25) is 0 Å². The Morgan fingerprint density at radius 2 is 2.07 bits per heavy atom. The standard InChI is InChI=1S/C9H20F2N2O/c1-4-14-6-5-13(3)8-9(10,11)7-12-2/h12H,4-8H2,1-3H3. The van der Waals surface area contributed by atoms with Crippen molar-refractivity contribution in [1.29, 1.82) is 0 Å². The molecule has 14 heavy (non-hydrogen) atoms. The van der Waals surface area contributed by atoms with Gasteiger partial charge in [0.1, 0.15) is 0 Å². The topological polar surface area (TPSA) is 24.5 Å². The molecule has 0 aliphatic heterocycles. The number of halogens is 2. The Kier molecular flexibility index (Phi) is 6.96. The molecule has 5 heteroatoms. The van der Waals surface area contributed by atoms with Crippen molar-refractivity contribution in [3.8, 4) is 0 Å². The van der Waals surface area contributed by atoms with Crippen LogP contribution in [0.3, 0.4) is 0 Å². The van der Waals surface area contributed by atoms with E-state index >= 15 is 0 Å². The highest BCUT2D eigenvalue weighted by molar-refractivity contribution is 4.72. The molecule has 86 valence electrons. The van der Waals surface area contributed by atoms with E-state index in [1.165, 1.54) is 7.05 Å². The third-order valence-corrected chi connectivity index (χ3v) is 1.76. The van der Waals surface area contributed by atoms with Crippen LogP contribution in [0.5, 0.6) is 0 Å². The Morgan fingerprint density at radius 1 is 1.43 bits per heavy atom. The molecule has 0 aromatic rings. The second-order valence-electron chi connectivity index (χ2n) is 3.32. The fourth-order valence-electron chi connectivity index (χ4n) is 1.15. The van der Waals surface area contributed by atoms with Gasteiger partial charge in [0.25, 0.3) is 5.92 Å². The predicted molar refractivity (Wildman–Crippen MR) is 52.9 cm³/mol. The zero-order valence-corrected chi connectivity index (χ0v) is 9.15. The molecule has 0 unspecified atom stereocenters. The van der Waals surface area contributed by atoms with Crippen LogP contribution in [0.4, 0.5) is 8.78 Å². The Labute approximate surface area is 84.4 Å². The maximum Gasteiger partial charge on any atom is 0.272 e. The molecule has 0 heterocycles. The number of rotatable bonds is 8. The van der Waals surface area contributed by atoms with Crippen molar-refractivity contribution in [1.82, 2.24) is 10.2 Å². The van der Waals surface area contributed by atoms with Crippen molar-refractivity contribution in [3.05, 3.63) is 0 Å². The maximum atomic E-state index is 13.0. The Morgan fingerprint density at radius 3 is 2.57 bits per heavy atom. The van der Waals surface area contributed by atoms with Crippen LogP contribution >= 0.6 is 0 Å². The lowest BCUT2D eigenvalue weighted by Crippen LogP contribution is -2.42. The van der Waals surface area contributed by atoms with E-state index in [-0.39, 0.29) is 13.1 Å². The number of ether oxygens (including phenoxy) is 1. The van der Waals surface area contributed by atoms with Crippen LogP contribution in [0.25, 0.3) is 0 Å². The van der Waals surface area contributed by atoms with Crippen LogP contribution in [-0.2, 0) is 4.74 Å². The molecular formula is C9H20F2N2O. The third kappa shape index (κ3) is 7.17. The van der Waals surface area contributed by atoms with Crippen LogP contribution in [-0.4, -0.2) is 57.8 Å². The van der Waals surface area contributed by atoms with E-state index in [4.69, 9.17) is 4.74 Å². The molecular weight excluding hydrogens is 190 g/mol. The van der Waals surface area contributed by atoms with Crippen LogP contribution < -0.4 is 5.32 Å². The van der Waals surface area contributed by atoms with Gasteiger partial charge in [-0.25, -0.2) is 8.78 Å². The summed E-state index contributed by atoms with van der Waals surface area (Å²) in [5.74, 6) is -2.67. The van der Waals surface area contributed by atoms with Crippen molar-refractivity contribution in [2.24, 2.45) is 0 Å². The molecule has 0 aromatic carbocycles. The molecule has 0 amide bonds. The molecule has 3 nitrogen and oxygen atoms in total. The first-order chi connectivity index (χ1) is 6.52. The summed E-state index contributed by atoms with van der Waals surface area (Å²) in [5.41, 5.74) is 0. The molecule has 0 fully saturated rings. The number of likely N-dealkylation sites (N-methyl/N-ethyl adjacent to an activating group) is 1. The molecule has 0 spiro atoms. The Balaban J connectivity index is 3.63. The second-order valence-corrected chi connectivity index (χ2v) is 3.32. The molecule has 0 aromatic heterocycles. The lowest BCUT2D eigenvalue weighted by molar-refractivity contribution is -0.0278. The number of hydrogen-bond acceptors (Lipinski definition) is 3. The van der Waals surface area contributed by atoms with Gasteiger partial charge < -0.3 is 10.1 Å². The summed E-state index contributed by atoms with van der Waals surface area (Å²) in [6.45, 7) is 3.03. The fraction of sp³-hybridized carbons (Fsp3) is 1.00. The van der Waals surface area contributed by atoms with Gasteiger partial charge in [-0.15, -0.1) is 0 Å². The van der Waals surface area contributed by atoms with Crippen molar-refractivity contribution < 1.29 is 13.5 Å². The Hall–Kier alpha value is -0.260. The van der Waals surface area contributed by atoms with E-state index in [2.05, 4.69) is 5.32 Å². The van der Waals surface area contributed by atoms with E-state index in [1.807, 2.05) is 6.92 Å². The zero-order valence-electron chi connectivity index (χ0n) is 9.15. The highest BCUT2D eigenvalue weighted by Crippen LogP contribution is 2.12. The molecule has 0 radical (unpaired) electrons. The predicted octanol–water partition coefficient (Wildman–Crippen LogP) is 0.809. The van der Waals surface area contributed by atoms with Crippen LogP contribution in [0, 0.1) is 0 Å². The number of alkyl halides is 2. The molecule has 0 atom stereocenters. The first-order valence-electron chi connectivity index (χ1n) is 4.80. The van der Waals surface area contributed by atoms with Crippen molar-refractivity contribution in [2.75, 3.05) is 46.9 Å². The molecule has 0 aliphatic carbocycles. The lowest BCUT2D eigenvalue weighted by Gasteiger charge is -2.23. The lowest BCUT2D eigenvalue weighted by atomic mass is 10.3. The number of nitrogens with one attached hydrogen (secondary N) is 1. The average Bonchev–Trinajstić information content (AvgIpc) is 2.03. The number of hydrogen-bond donors (Lipinski definition) is 1. The summed E-state index contributed by atoms with van der Waals surface area (Å²) in [5, 5.41) is 2.47. The van der Waals surface area contributed by atoms with Gasteiger partial charge in [0, 0.05) is 13.2 Å². The van der Waals surface area contributed by atoms with E-state index < -0.39 is 5.92 Å². The highest BCUT2D eigenvalue weighted by Gasteiger charge is 2.29. The molecule has 0 aliphatic rings. The van der Waals surface area contributed by atoms with Gasteiger partial charge in [0.05, 0.1) is 19.7 Å². The van der Waals surface area contributed by atoms with Gasteiger partial charge in [-0.1, -0.05) is 0 Å². The Bertz CT molecular complexity index is 145. The first-order valence-corrected chi connectivity index (χ1v) is 4.80. The van der Waals surface area contributed by atoms with E-state index in [9.17, 15) is 8.78 Å². The highest BCUT2D eigenvalue weighted by atomic mass is 19.3. The summed E-state index contributed by atoms with van der Waals surface area (Å²) in [6, 6.07) is 0. The van der Waals surface area contributed by atoms with Gasteiger partial charge in [-0.2, -0.15) is 0 Å². The van der Waals surface area contributed by atoms with Gasteiger partial charge in [-0.3, -0.25) is 4.90 Å². The van der Waals surface area contributed by atoms with Crippen molar-refractivity contribution >= 4 is 0 Å². The summed E-state index contributed by atoms with van der Waals surface area (Å²) >= 11 is 0. The molecule has 0 saturated carbocycles. The minimum absolute atomic E-state index is 0.235. The van der Waals surface area contributed by atoms with E-state index in [0.29, 0.717) is 19.8 Å². The minimum atomic E-state index is -2.67. The fourth-order valence-corrected chi connectivity index (χ4v) is 1.15. The molecule has 1 N–H and O–H groups in total. The van der Waals surface area contributed by atoms with Crippen molar-refractivity contribution in [3.63, 3.8) is 0 Å². The average molecular weight is 210 g/mol. The summed E-state index contributed by atoms with van der Waals surface area (Å²) in [7, 11) is 3.19. The summed E-state index contributed by atoms with van der Waals surface area (Å²) in [4.78, 5) is 1.58. The first kappa shape index (κ1) is 13.7. The van der Waals surface area contributed by atoms with Crippen LogP contribution in [0.15, 0.2) is 0 Å². The van der Waals surface area contributed by atoms with Crippen LogP contribution in [0.1, 0.15) is 6.92 Å². The van der Waals surface area contributed by atoms with E-state index in [1.54, 1.807) is 11.9 Å². The van der Waals surface area contributed by atoms with Gasteiger partial charge in [-0.05, 0) is 21.0 Å². The minimum Gasteiger partial charge on any atom is -0.380 e. The van der Waals surface area contributed by atoms with E-state index in [0.717, 1.165) is 0 Å². The maximum absolute atomic E-state index is 13.0. The SMILES string of the molecule is CCOCCN(C)CC(F)(F)CNC. The largest absolute Gasteiger partial charge is 0.380 e. The zero-order chi connectivity index (χ0) is 11.0. The normalized spacial score (nSPS) is 12.4. The third-order valence-electron chi connectivity index (χ3n) is 1.76. The summed E-state index contributed by atoms with van der Waals surface area (Å²) < 4.78 is 31.2. The number of nitrogens with zero attached hydrogens (tertiary/aromatic N) is 1. The second kappa shape index (κ2) is 7.09. The summed E-state index contributed by atoms with van der Waals surface area (Å²) in [6.07, 6.45) is 0. The molecule has 0 bridgehead atoms. The van der Waals surface area contributed by atoms with Gasteiger partial charge >= 0.3 is 0 Å². The van der Waals surface area contributed by atoms with Crippen LogP contribution in [0.2, 0.25) is 0 Å².